The fraction of sp³-hybridized carbons (Fsp3) is 0.944. The van der Waals surface area contributed by atoms with Gasteiger partial charge in [0.1, 0.15) is 0 Å². The number of hydrogen-bond donors (Lipinski definition) is 1. The quantitative estimate of drug-likeness (QED) is 0.807. The third kappa shape index (κ3) is 2.15. The molecule has 2 bridgehead atoms. The first-order chi connectivity index (χ1) is 10.2. The zero-order valence-corrected chi connectivity index (χ0v) is 13.2. The van der Waals surface area contributed by atoms with E-state index in [2.05, 4.69) is 4.90 Å². The summed E-state index contributed by atoms with van der Waals surface area (Å²) in [5.41, 5.74) is 6.98. The fourth-order valence-electron chi connectivity index (χ4n) is 6.20. The summed E-state index contributed by atoms with van der Waals surface area (Å²) in [5, 5.41) is 0. The van der Waals surface area contributed by atoms with Gasteiger partial charge >= 0.3 is 0 Å². The lowest BCUT2D eigenvalue weighted by molar-refractivity contribution is -0.140. The number of fused-ring (bicyclic) bond motifs is 3. The summed E-state index contributed by atoms with van der Waals surface area (Å²) in [6.07, 6.45) is 12.5. The monoisotopic (exact) mass is 290 g/mol. The molecule has 0 aromatic heterocycles. The molecule has 118 valence electrons. The van der Waals surface area contributed by atoms with E-state index in [0.29, 0.717) is 17.4 Å². The molecule has 1 amide bonds. The molecular weight excluding hydrogens is 260 g/mol. The van der Waals surface area contributed by atoms with Gasteiger partial charge in [-0.3, -0.25) is 4.79 Å². The van der Waals surface area contributed by atoms with Crippen LogP contribution in [0.3, 0.4) is 0 Å². The maximum Gasteiger partial charge on any atom is 0.225 e. The van der Waals surface area contributed by atoms with Gasteiger partial charge in [-0.2, -0.15) is 0 Å². The van der Waals surface area contributed by atoms with E-state index in [4.69, 9.17) is 5.73 Å². The Kier molecular flexibility index (Phi) is 3.52. The van der Waals surface area contributed by atoms with Crippen molar-refractivity contribution in [3.05, 3.63) is 0 Å². The summed E-state index contributed by atoms with van der Waals surface area (Å²) in [6.45, 7) is 2.00. The molecule has 1 spiro atoms. The van der Waals surface area contributed by atoms with Crippen molar-refractivity contribution < 1.29 is 4.79 Å². The molecule has 3 saturated carbocycles. The number of hydrogen-bond acceptors (Lipinski definition) is 2. The lowest BCUT2D eigenvalue weighted by Gasteiger charge is -2.48. The minimum atomic E-state index is 0.280. The Morgan fingerprint density at radius 2 is 1.86 bits per heavy atom. The second kappa shape index (κ2) is 5.26. The molecule has 0 aromatic rings. The van der Waals surface area contributed by atoms with E-state index < -0.39 is 0 Å². The van der Waals surface area contributed by atoms with Crippen LogP contribution in [0.2, 0.25) is 0 Å². The Bertz CT molecular complexity index is 413. The second-order valence-electron chi connectivity index (χ2n) is 8.21. The summed E-state index contributed by atoms with van der Waals surface area (Å²) >= 11 is 0. The van der Waals surface area contributed by atoms with E-state index in [1.807, 2.05) is 0 Å². The van der Waals surface area contributed by atoms with Crippen molar-refractivity contribution in [2.45, 2.75) is 70.3 Å². The number of amides is 1. The summed E-state index contributed by atoms with van der Waals surface area (Å²) in [4.78, 5) is 15.0. The topological polar surface area (TPSA) is 46.3 Å². The lowest BCUT2D eigenvalue weighted by Crippen LogP contribution is -2.51. The third-order valence-corrected chi connectivity index (χ3v) is 7.30. The highest BCUT2D eigenvalue weighted by Crippen LogP contribution is 2.61. The molecule has 0 radical (unpaired) electrons. The standard InChI is InChI=1S/C18H30N2O/c19-16-13-6-7-15(11-13)18(16)8-4-5-14(12-18)17(21)20-9-2-1-3-10-20/h13-16H,1-12,19H2/t13-,14?,15+,16-,18?/m1/s1. The minimum Gasteiger partial charge on any atom is -0.342 e. The molecule has 4 aliphatic rings. The molecule has 2 unspecified atom stereocenters. The lowest BCUT2D eigenvalue weighted by atomic mass is 9.59. The highest BCUT2D eigenvalue weighted by atomic mass is 16.2. The van der Waals surface area contributed by atoms with Gasteiger partial charge in [0.15, 0.2) is 0 Å². The van der Waals surface area contributed by atoms with Crippen molar-refractivity contribution >= 4 is 5.91 Å². The number of carbonyl (C=O) groups is 1. The predicted octanol–water partition coefficient (Wildman–Crippen LogP) is 2.93. The van der Waals surface area contributed by atoms with Crippen molar-refractivity contribution in [3.63, 3.8) is 0 Å². The van der Waals surface area contributed by atoms with Crippen LogP contribution in [-0.2, 0) is 4.79 Å². The average molecular weight is 290 g/mol. The number of rotatable bonds is 1. The van der Waals surface area contributed by atoms with E-state index in [1.54, 1.807) is 0 Å². The van der Waals surface area contributed by atoms with Crippen LogP contribution in [-0.4, -0.2) is 29.9 Å². The van der Waals surface area contributed by atoms with Crippen LogP contribution < -0.4 is 5.73 Å². The Morgan fingerprint density at radius 1 is 1.05 bits per heavy atom. The molecule has 3 nitrogen and oxygen atoms in total. The van der Waals surface area contributed by atoms with Crippen LogP contribution in [0.1, 0.15) is 64.2 Å². The zero-order chi connectivity index (χ0) is 14.4. The van der Waals surface area contributed by atoms with Gasteiger partial charge in [0.05, 0.1) is 0 Å². The summed E-state index contributed by atoms with van der Waals surface area (Å²) in [6, 6.07) is 0.383. The molecule has 4 rings (SSSR count). The summed E-state index contributed by atoms with van der Waals surface area (Å²) in [5.74, 6) is 2.33. The fourth-order valence-corrected chi connectivity index (χ4v) is 6.20. The summed E-state index contributed by atoms with van der Waals surface area (Å²) in [7, 11) is 0. The van der Waals surface area contributed by atoms with Gasteiger partial charge in [0.2, 0.25) is 5.91 Å². The van der Waals surface area contributed by atoms with Gasteiger partial charge in [0.25, 0.3) is 0 Å². The first kappa shape index (κ1) is 14.0. The first-order valence-electron chi connectivity index (χ1n) is 9.25. The molecule has 1 aliphatic heterocycles. The molecule has 3 heteroatoms. The van der Waals surface area contributed by atoms with Crippen LogP contribution in [0, 0.1) is 23.2 Å². The SMILES string of the molecule is N[C@@H]1[C@@H]2CC[C@@H](C2)C12CCCC(C(=O)N1CCCCC1)C2. The van der Waals surface area contributed by atoms with Crippen LogP contribution in [0.4, 0.5) is 0 Å². The molecule has 0 aromatic carbocycles. The first-order valence-corrected chi connectivity index (χ1v) is 9.25. The molecule has 5 atom stereocenters. The minimum absolute atomic E-state index is 0.280. The smallest absolute Gasteiger partial charge is 0.225 e. The third-order valence-electron chi connectivity index (χ3n) is 7.30. The van der Waals surface area contributed by atoms with Crippen molar-refractivity contribution in [2.24, 2.45) is 28.9 Å². The zero-order valence-electron chi connectivity index (χ0n) is 13.2. The van der Waals surface area contributed by atoms with E-state index in [1.165, 1.54) is 51.4 Å². The molecule has 3 aliphatic carbocycles. The van der Waals surface area contributed by atoms with Gasteiger partial charge in [-0.1, -0.05) is 6.42 Å². The van der Waals surface area contributed by atoms with Crippen LogP contribution in [0.25, 0.3) is 0 Å². The van der Waals surface area contributed by atoms with Crippen molar-refractivity contribution in [1.82, 2.24) is 4.90 Å². The Hall–Kier alpha value is -0.570. The second-order valence-corrected chi connectivity index (χ2v) is 8.21. The maximum absolute atomic E-state index is 12.9. The Morgan fingerprint density at radius 3 is 2.57 bits per heavy atom. The maximum atomic E-state index is 12.9. The molecule has 4 fully saturated rings. The van der Waals surface area contributed by atoms with Gasteiger partial charge in [-0.15, -0.1) is 0 Å². The van der Waals surface area contributed by atoms with Gasteiger partial charge in [-0.25, -0.2) is 0 Å². The van der Waals surface area contributed by atoms with Crippen molar-refractivity contribution in [3.8, 4) is 0 Å². The van der Waals surface area contributed by atoms with Gasteiger partial charge in [0, 0.05) is 25.0 Å². The van der Waals surface area contributed by atoms with E-state index in [0.717, 1.165) is 37.8 Å². The molecule has 1 saturated heterocycles. The number of nitrogens with zero attached hydrogens (tertiary/aromatic N) is 1. The van der Waals surface area contributed by atoms with Gasteiger partial charge in [-0.05, 0) is 75.0 Å². The van der Waals surface area contributed by atoms with Crippen molar-refractivity contribution in [2.75, 3.05) is 13.1 Å². The van der Waals surface area contributed by atoms with E-state index in [-0.39, 0.29) is 5.92 Å². The van der Waals surface area contributed by atoms with Crippen LogP contribution >= 0.6 is 0 Å². The normalized spacial score (nSPS) is 46.2. The number of likely N-dealkylation sites (tertiary alicyclic amines) is 1. The summed E-state index contributed by atoms with van der Waals surface area (Å²) < 4.78 is 0. The number of piperidine rings is 1. The molecule has 1 heterocycles. The van der Waals surface area contributed by atoms with Crippen molar-refractivity contribution in [1.29, 1.82) is 0 Å². The largest absolute Gasteiger partial charge is 0.342 e. The van der Waals surface area contributed by atoms with E-state index in [9.17, 15) is 4.79 Å². The number of nitrogens with two attached hydrogens (primary N) is 1. The molecular formula is C18H30N2O. The van der Waals surface area contributed by atoms with E-state index >= 15 is 0 Å². The van der Waals surface area contributed by atoms with Crippen LogP contribution in [0.15, 0.2) is 0 Å². The Balaban J connectivity index is 1.49. The number of carbonyl (C=O) groups excluding carboxylic acids is 1. The molecule has 21 heavy (non-hydrogen) atoms. The predicted molar refractivity (Wildman–Crippen MR) is 83.6 cm³/mol. The Labute approximate surface area is 128 Å². The van der Waals surface area contributed by atoms with Gasteiger partial charge < -0.3 is 10.6 Å². The average Bonchev–Trinajstić information content (AvgIpc) is 3.11. The van der Waals surface area contributed by atoms with Crippen LogP contribution in [0.5, 0.6) is 0 Å². The highest BCUT2D eigenvalue weighted by Gasteiger charge is 2.58. The molecule has 2 N–H and O–H groups in total. The highest BCUT2D eigenvalue weighted by molar-refractivity contribution is 5.79.